The van der Waals surface area contributed by atoms with Crippen LogP contribution in [0, 0.1) is 11.8 Å². The van der Waals surface area contributed by atoms with E-state index in [1.54, 1.807) is 22.8 Å². The van der Waals surface area contributed by atoms with Crippen molar-refractivity contribution in [3.8, 4) is 0 Å². The number of allylic oxidation sites excluding steroid dienone is 2. The van der Waals surface area contributed by atoms with Gasteiger partial charge >= 0.3 is 30.2 Å². The number of rotatable bonds is 8. The van der Waals surface area contributed by atoms with Gasteiger partial charge in [-0.2, -0.15) is 0 Å². The average molecular weight is 1320 g/mol. The highest BCUT2D eigenvalue weighted by Gasteiger charge is 2.63. The Morgan fingerprint density at radius 3 is 1.66 bits per heavy atom. The van der Waals surface area contributed by atoms with Crippen molar-refractivity contribution >= 4 is 59.9 Å². The zero-order chi connectivity index (χ0) is 66.4. The van der Waals surface area contributed by atoms with E-state index in [1.807, 2.05) is 60.7 Å². The van der Waals surface area contributed by atoms with Crippen molar-refractivity contribution in [3.05, 3.63) is 95.1 Å². The number of fused-ring (bicyclic) bond motifs is 6. The topological polar surface area (TPSA) is 318 Å². The summed E-state index contributed by atoms with van der Waals surface area (Å²) in [5.74, 6) is -3.91. The molecule has 95 heavy (non-hydrogen) atoms. The summed E-state index contributed by atoms with van der Waals surface area (Å²) in [6.45, 7) is 3.88. The second-order valence-electron chi connectivity index (χ2n) is 27.0. The summed E-state index contributed by atoms with van der Waals surface area (Å²) in [6, 6.07) is 12.3. The van der Waals surface area contributed by atoms with E-state index in [-0.39, 0.29) is 70.2 Å². The van der Waals surface area contributed by atoms with Crippen molar-refractivity contribution in [2.75, 3.05) is 32.8 Å². The molecule has 0 bridgehead atoms. The molecule has 6 heterocycles. The van der Waals surface area contributed by atoms with Crippen molar-refractivity contribution in [1.82, 2.24) is 40.9 Å². The number of nitrogens with zero attached hydrogens (tertiary/aromatic N) is 5. The van der Waals surface area contributed by atoms with Gasteiger partial charge < -0.3 is 65.9 Å². The van der Waals surface area contributed by atoms with Gasteiger partial charge in [-0.1, -0.05) is 132 Å². The molecule has 2 saturated heterocycles. The van der Waals surface area contributed by atoms with Crippen LogP contribution in [0.15, 0.2) is 77.8 Å². The van der Waals surface area contributed by atoms with E-state index in [0.717, 1.165) is 101 Å². The quantitative estimate of drug-likeness (QED) is 0.0488. The van der Waals surface area contributed by atoms with Crippen LogP contribution >= 0.6 is 0 Å². The summed E-state index contributed by atoms with van der Waals surface area (Å²) in [5.41, 5.74) is 8.27. The van der Waals surface area contributed by atoms with Crippen molar-refractivity contribution in [2.24, 2.45) is 22.6 Å². The predicted octanol–water partition coefficient (Wildman–Crippen LogP) is 7.58. The molecule has 8 amide bonds. The molecule has 0 spiro atoms. The number of carboxylic acids is 1. The van der Waals surface area contributed by atoms with Crippen LogP contribution in [0.3, 0.4) is 0 Å². The molecular weight excluding hydrogens is 1220 g/mol. The number of isocyanates is 1. The van der Waals surface area contributed by atoms with Gasteiger partial charge in [-0.3, -0.25) is 19.2 Å². The van der Waals surface area contributed by atoms with Crippen molar-refractivity contribution in [3.63, 3.8) is 0 Å². The molecule has 4 saturated carbocycles. The summed E-state index contributed by atoms with van der Waals surface area (Å²) >= 11 is 0. The summed E-state index contributed by atoms with van der Waals surface area (Å²) in [4.78, 5) is 139. The van der Waals surface area contributed by atoms with Crippen LogP contribution in [-0.2, 0) is 73.7 Å². The largest absolute Gasteiger partial charge is 0.479 e. The fourth-order valence-electron chi connectivity index (χ4n) is 14.7. The summed E-state index contributed by atoms with van der Waals surface area (Å²) in [7, 11) is 0. The molecule has 6 fully saturated rings. The smallest absolute Gasteiger partial charge is 0.410 e. The minimum absolute atomic E-state index is 0. The number of carboxylic acid groups (broad SMARTS) is 1. The van der Waals surface area contributed by atoms with E-state index in [9.17, 15) is 53.1 Å². The number of ether oxygens (including phenoxy) is 3. The van der Waals surface area contributed by atoms with E-state index in [2.05, 4.69) is 38.4 Å². The molecule has 24 nitrogen and oxygen atoms in total. The number of carbonyl (C=O) groups is 9. The highest BCUT2D eigenvalue weighted by atomic mass is 16.6. The number of benzene rings is 2. The van der Waals surface area contributed by atoms with Crippen LogP contribution in [0.25, 0.3) is 0 Å². The van der Waals surface area contributed by atoms with Crippen LogP contribution < -0.4 is 27.0 Å². The Balaban J connectivity index is 0.000000199. The number of aliphatic imine (C=N–C) groups is 1. The van der Waals surface area contributed by atoms with Crippen molar-refractivity contribution < 1.29 is 67.3 Å². The van der Waals surface area contributed by atoms with Gasteiger partial charge in [0.25, 0.3) is 0 Å². The molecule has 6 aliphatic heterocycles. The van der Waals surface area contributed by atoms with Crippen molar-refractivity contribution in [1.29, 1.82) is 0 Å². The molecule has 0 radical (unpaired) electrons. The first-order valence-electron chi connectivity index (χ1n) is 34.4. The van der Waals surface area contributed by atoms with E-state index in [4.69, 9.17) is 19.9 Å². The van der Waals surface area contributed by atoms with Crippen LogP contribution in [0.1, 0.15) is 178 Å². The fraction of sp³-hybridized carbons (Fsp3) is 0.634. The minimum Gasteiger partial charge on any atom is -0.479 e. The maximum atomic E-state index is 14.2. The number of urea groups is 1. The lowest BCUT2D eigenvalue weighted by atomic mass is 10.0. The van der Waals surface area contributed by atoms with Gasteiger partial charge in [0, 0.05) is 56.9 Å². The van der Waals surface area contributed by atoms with E-state index >= 15 is 0 Å². The van der Waals surface area contributed by atoms with Crippen LogP contribution in [0.4, 0.5) is 14.4 Å². The molecule has 0 unspecified atom stereocenters. The van der Waals surface area contributed by atoms with Gasteiger partial charge in [0.2, 0.25) is 29.7 Å². The van der Waals surface area contributed by atoms with Gasteiger partial charge in [0.15, 0.2) is 0 Å². The zero-order valence-corrected chi connectivity index (χ0v) is 54.2. The lowest BCUT2D eigenvalue weighted by Crippen LogP contribution is -2.57. The molecule has 10 aliphatic rings. The van der Waals surface area contributed by atoms with Gasteiger partial charge in [0.1, 0.15) is 41.4 Å². The Labute approximate surface area is 557 Å². The van der Waals surface area contributed by atoms with Gasteiger partial charge in [0.05, 0.1) is 31.8 Å². The third-order valence-corrected chi connectivity index (χ3v) is 20.4. The summed E-state index contributed by atoms with van der Waals surface area (Å²) < 4.78 is 17.1. The minimum atomic E-state index is -1.43. The second-order valence-corrected chi connectivity index (χ2v) is 27.0. The average Bonchev–Trinajstić information content (AvgIpc) is 1.59. The number of esters is 1. The highest BCUT2D eigenvalue weighted by Crippen LogP contribution is 2.47. The number of nitrogens with two attached hydrogens (primary N) is 1. The Hall–Kier alpha value is -8.11. The van der Waals surface area contributed by atoms with Gasteiger partial charge in [-0.05, 0) is 119 Å². The Kier molecular flexibility index (Phi) is 24.8. The first kappa shape index (κ1) is 71.2. The van der Waals surface area contributed by atoms with Crippen LogP contribution in [-0.4, -0.2) is 177 Å². The molecule has 516 valence electrons. The molecule has 24 heteroatoms. The Morgan fingerprint density at radius 1 is 0.642 bits per heavy atom. The molecule has 0 aromatic heterocycles. The fourth-order valence-corrected chi connectivity index (χ4v) is 14.7. The number of hydrogen-bond donors (Lipinski definition) is 6. The van der Waals surface area contributed by atoms with E-state index < -0.39 is 95.3 Å². The molecular formula is C71H98N10O14. The summed E-state index contributed by atoms with van der Waals surface area (Å²) in [5, 5.41) is 21.6. The van der Waals surface area contributed by atoms with Gasteiger partial charge in [-0.25, -0.2) is 33.8 Å². The molecule has 2 aromatic carbocycles. The molecule has 4 aliphatic carbocycles. The van der Waals surface area contributed by atoms with Gasteiger partial charge in [-0.15, -0.1) is 0 Å². The standard InChI is InChI=1S/C34H45N5O7.C30H40N4O6.C6H9NO.CH4/c40-29-28-18-26(46-33(45)38-17-16-22-10-6-7-11-23(22)20-38)21-39(28)30(41)27(36-32(44)35-25-13-8-9-14-25)15-5-3-1-2-4-12-24-19-34(24,37-29)31(42)43;1-2-39-28(37)30-17-22(30)12-6-4-3-5-7-13-24(31)27(36)34-19-23(16-25(34)26(35)32-30)40-29(38)33-15-14-20-10-8-9-11-21(20)18-33;8-5-7-6-3-1-2-4-6;/h4,6-7,10-12,24-28H,1-3,5,8-9,13-21H2,(H,37,40)(H,42,43)(H2,35,36,44);6,8-12,22-25H,2-5,7,13-19,31H2,1H3,(H,32,35);6H,1-4H2;1H4/b12-4-;12-6-;;/t24-,26-,27+,28+,34-;22-,23-,24+,25+,30-;;/m11../s1. The van der Waals surface area contributed by atoms with Crippen molar-refractivity contribution in [2.45, 2.75) is 241 Å². The lowest BCUT2D eigenvalue weighted by molar-refractivity contribution is -0.150. The molecule has 12 rings (SSSR count). The molecule has 2 aromatic rings. The normalized spacial score (nSPS) is 29.9. The Bertz CT molecular complexity index is 3200. The predicted molar refractivity (Wildman–Crippen MR) is 351 cm³/mol. The third-order valence-electron chi connectivity index (χ3n) is 20.4. The van der Waals surface area contributed by atoms with Crippen LogP contribution in [0.2, 0.25) is 0 Å². The van der Waals surface area contributed by atoms with E-state index in [1.165, 1.54) is 33.8 Å². The van der Waals surface area contributed by atoms with Crippen LogP contribution in [0.5, 0.6) is 0 Å². The number of hydrogen-bond acceptors (Lipinski definition) is 15. The SMILES string of the molecule is C.CCOC(=O)[C@@]12C[C@H]1/C=C\CCCCC[C@H](N)C(=O)N1C[C@H](OC(=O)N3CCc4ccccc4C3)C[C@H]1C(=O)N2.O=C(NC1CCCC1)N[C@H]1CCCCC/C=C\[C@@H]2C[C@@]2(C(=O)O)NC(=O)[C@@H]2C[C@@H](OC(=O)N3CCc4ccccc4C3)CN2C1=O.O=C=NC1CCCC1. The lowest BCUT2D eigenvalue weighted by Gasteiger charge is -2.30. The van der Waals surface area contributed by atoms with E-state index in [0.29, 0.717) is 64.3 Å². The number of carbonyl (C=O) groups excluding carboxylic acids is 9. The first-order valence-corrected chi connectivity index (χ1v) is 34.4. The second kappa shape index (κ2) is 33.0. The number of amides is 8. The third kappa shape index (κ3) is 17.9. The molecule has 7 N–H and O–H groups in total. The maximum absolute atomic E-state index is 14.2. The maximum Gasteiger partial charge on any atom is 0.410 e. The monoisotopic (exact) mass is 1310 g/mol. The Morgan fingerprint density at radius 2 is 1.13 bits per heavy atom. The highest BCUT2D eigenvalue weighted by molar-refractivity contribution is 5.97. The molecule has 10 atom stereocenters. The zero-order valence-electron chi connectivity index (χ0n) is 54.2. The summed E-state index contributed by atoms with van der Waals surface area (Å²) in [6.07, 6.45) is 25.5. The number of aliphatic carboxylic acids is 1. The first-order chi connectivity index (χ1) is 45.5. The number of nitrogens with one attached hydrogen (secondary N) is 4.